The fourth-order valence-corrected chi connectivity index (χ4v) is 2.81. The molecular weight excluding hydrogens is 302 g/mol. The molecular formula is C15H13N3O3S. The van der Waals surface area contributed by atoms with Crippen LogP contribution in [0.15, 0.2) is 53.5 Å². The molecule has 0 aliphatic heterocycles. The standard InChI is InChI=1S/C15H13N3O3S/c1-22(20,21)18-13-4-2-3-10(8-13)11-5-6-14-12(7-11)9-16-17-15(14)19/h2-9,18H,1H3,(H,17,19). The van der Waals surface area contributed by atoms with Gasteiger partial charge in [0.25, 0.3) is 5.56 Å². The highest BCUT2D eigenvalue weighted by molar-refractivity contribution is 7.92. The minimum Gasteiger partial charge on any atom is -0.284 e. The van der Waals surface area contributed by atoms with Crippen LogP contribution in [0, 0.1) is 0 Å². The summed E-state index contributed by atoms with van der Waals surface area (Å²) in [7, 11) is -3.32. The zero-order chi connectivity index (χ0) is 15.7. The lowest BCUT2D eigenvalue weighted by Gasteiger charge is -2.07. The molecule has 6 nitrogen and oxygen atoms in total. The quantitative estimate of drug-likeness (QED) is 0.773. The maximum absolute atomic E-state index is 11.6. The Kier molecular flexibility index (Phi) is 3.42. The predicted octanol–water partition coefficient (Wildman–Crippen LogP) is 1.96. The van der Waals surface area contributed by atoms with Gasteiger partial charge in [-0.25, -0.2) is 13.5 Å². The molecule has 2 aromatic carbocycles. The first-order valence-corrected chi connectivity index (χ1v) is 8.37. The van der Waals surface area contributed by atoms with Crippen molar-refractivity contribution in [2.75, 3.05) is 11.0 Å². The molecule has 22 heavy (non-hydrogen) atoms. The van der Waals surface area contributed by atoms with Gasteiger partial charge in [-0.05, 0) is 35.4 Å². The number of benzene rings is 2. The number of hydrogen-bond donors (Lipinski definition) is 2. The van der Waals surface area contributed by atoms with E-state index >= 15 is 0 Å². The van der Waals surface area contributed by atoms with Gasteiger partial charge in [0.2, 0.25) is 10.0 Å². The van der Waals surface area contributed by atoms with Crippen LogP contribution in [0.2, 0.25) is 0 Å². The number of anilines is 1. The van der Waals surface area contributed by atoms with Crippen molar-refractivity contribution in [3.8, 4) is 11.1 Å². The minimum atomic E-state index is -3.32. The Morgan fingerprint density at radius 2 is 1.86 bits per heavy atom. The first kappa shape index (κ1) is 14.3. The van der Waals surface area contributed by atoms with Gasteiger partial charge in [0, 0.05) is 11.1 Å². The topological polar surface area (TPSA) is 91.9 Å². The zero-order valence-corrected chi connectivity index (χ0v) is 12.5. The molecule has 0 radical (unpaired) electrons. The lowest BCUT2D eigenvalue weighted by Crippen LogP contribution is -2.09. The summed E-state index contributed by atoms with van der Waals surface area (Å²) in [6, 6.07) is 12.4. The maximum Gasteiger partial charge on any atom is 0.272 e. The predicted molar refractivity (Wildman–Crippen MR) is 86.3 cm³/mol. The first-order chi connectivity index (χ1) is 10.4. The van der Waals surface area contributed by atoms with Crippen LogP contribution in [0.4, 0.5) is 5.69 Å². The largest absolute Gasteiger partial charge is 0.284 e. The van der Waals surface area contributed by atoms with E-state index in [2.05, 4.69) is 14.9 Å². The lowest BCUT2D eigenvalue weighted by molar-refractivity contribution is 0.607. The fourth-order valence-electron chi connectivity index (χ4n) is 2.25. The molecule has 3 rings (SSSR count). The van der Waals surface area contributed by atoms with Crippen molar-refractivity contribution in [3.63, 3.8) is 0 Å². The van der Waals surface area contributed by atoms with Crippen LogP contribution < -0.4 is 10.3 Å². The summed E-state index contributed by atoms with van der Waals surface area (Å²) in [5.41, 5.74) is 1.97. The van der Waals surface area contributed by atoms with E-state index in [1.165, 1.54) is 0 Å². The highest BCUT2D eigenvalue weighted by Crippen LogP contribution is 2.25. The number of fused-ring (bicyclic) bond motifs is 1. The highest BCUT2D eigenvalue weighted by Gasteiger charge is 2.05. The van der Waals surface area contributed by atoms with E-state index in [-0.39, 0.29) is 5.56 Å². The highest BCUT2D eigenvalue weighted by atomic mass is 32.2. The molecule has 1 aromatic heterocycles. The van der Waals surface area contributed by atoms with Gasteiger partial charge in [-0.15, -0.1) is 0 Å². The first-order valence-electron chi connectivity index (χ1n) is 6.48. The van der Waals surface area contributed by atoms with Crippen molar-refractivity contribution in [1.29, 1.82) is 0 Å². The Labute approximate surface area is 126 Å². The normalized spacial score (nSPS) is 11.5. The summed E-state index contributed by atoms with van der Waals surface area (Å²) in [5, 5.41) is 7.45. The Morgan fingerprint density at radius 3 is 2.64 bits per heavy atom. The number of H-pyrrole nitrogens is 1. The summed E-state index contributed by atoms with van der Waals surface area (Å²) < 4.78 is 25.0. The van der Waals surface area contributed by atoms with Crippen molar-refractivity contribution < 1.29 is 8.42 Å². The minimum absolute atomic E-state index is 0.239. The molecule has 0 aliphatic carbocycles. The second kappa shape index (κ2) is 5.27. The lowest BCUT2D eigenvalue weighted by atomic mass is 10.0. The van der Waals surface area contributed by atoms with Crippen LogP contribution in [0.1, 0.15) is 0 Å². The van der Waals surface area contributed by atoms with E-state index in [1.807, 2.05) is 18.2 Å². The molecule has 0 fully saturated rings. The SMILES string of the molecule is CS(=O)(=O)Nc1cccc(-c2ccc3c(=O)[nH]ncc3c2)c1. The monoisotopic (exact) mass is 315 g/mol. The van der Waals surface area contributed by atoms with Crippen molar-refractivity contribution in [3.05, 3.63) is 59.0 Å². The van der Waals surface area contributed by atoms with E-state index in [4.69, 9.17) is 0 Å². The van der Waals surface area contributed by atoms with Crippen molar-refractivity contribution in [2.45, 2.75) is 0 Å². The second-order valence-electron chi connectivity index (χ2n) is 4.96. The van der Waals surface area contributed by atoms with Crippen LogP contribution in [0.25, 0.3) is 21.9 Å². The smallest absolute Gasteiger partial charge is 0.272 e. The van der Waals surface area contributed by atoms with Crippen molar-refractivity contribution in [2.24, 2.45) is 0 Å². The molecule has 0 amide bonds. The molecule has 0 bridgehead atoms. The molecule has 0 saturated carbocycles. The Bertz CT molecular complexity index is 1010. The van der Waals surface area contributed by atoms with Gasteiger partial charge in [0.15, 0.2) is 0 Å². The Morgan fingerprint density at radius 1 is 1.09 bits per heavy atom. The second-order valence-corrected chi connectivity index (χ2v) is 6.70. The van der Waals surface area contributed by atoms with Gasteiger partial charge in [-0.2, -0.15) is 5.10 Å². The average Bonchev–Trinajstić information content (AvgIpc) is 2.46. The van der Waals surface area contributed by atoms with E-state index in [0.29, 0.717) is 11.1 Å². The van der Waals surface area contributed by atoms with Crippen LogP contribution in [-0.4, -0.2) is 24.9 Å². The molecule has 0 aliphatic rings. The molecule has 2 N–H and O–H groups in total. The summed E-state index contributed by atoms with van der Waals surface area (Å²) in [6.07, 6.45) is 2.69. The number of aromatic amines is 1. The molecule has 112 valence electrons. The molecule has 0 atom stereocenters. The number of nitrogens with one attached hydrogen (secondary N) is 2. The number of sulfonamides is 1. The summed E-state index contributed by atoms with van der Waals surface area (Å²) >= 11 is 0. The van der Waals surface area contributed by atoms with Crippen LogP contribution in [0.3, 0.4) is 0 Å². The number of hydrogen-bond acceptors (Lipinski definition) is 4. The molecule has 3 aromatic rings. The zero-order valence-electron chi connectivity index (χ0n) is 11.7. The van der Waals surface area contributed by atoms with E-state index in [1.54, 1.807) is 30.5 Å². The fraction of sp³-hybridized carbons (Fsp3) is 0.0667. The number of rotatable bonds is 3. The molecule has 0 saturated heterocycles. The third kappa shape index (κ3) is 2.99. The third-order valence-corrected chi connectivity index (χ3v) is 3.77. The van der Waals surface area contributed by atoms with Crippen LogP contribution in [-0.2, 0) is 10.0 Å². The van der Waals surface area contributed by atoms with Gasteiger partial charge >= 0.3 is 0 Å². The van der Waals surface area contributed by atoms with Gasteiger partial charge in [0.1, 0.15) is 0 Å². The van der Waals surface area contributed by atoms with E-state index < -0.39 is 10.0 Å². The van der Waals surface area contributed by atoms with Crippen LogP contribution >= 0.6 is 0 Å². The van der Waals surface area contributed by atoms with Gasteiger partial charge in [-0.1, -0.05) is 18.2 Å². The van der Waals surface area contributed by atoms with Crippen molar-refractivity contribution in [1.82, 2.24) is 10.2 Å². The summed E-state index contributed by atoms with van der Waals surface area (Å²) in [6.45, 7) is 0. The third-order valence-electron chi connectivity index (χ3n) is 3.17. The van der Waals surface area contributed by atoms with Crippen molar-refractivity contribution >= 4 is 26.5 Å². The average molecular weight is 315 g/mol. The molecule has 7 heteroatoms. The number of nitrogens with zero attached hydrogens (tertiary/aromatic N) is 1. The van der Waals surface area contributed by atoms with Gasteiger partial charge in [-0.3, -0.25) is 9.52 Å². The summed E-state index contributed by atoms with van der Waals surface area (Å²) in [4.78, 5) is 11.6. The van der Waals surface area contributed by atoms with E-state index in [0.717, 1.165) is 22.8 Å². The Hall–Kier alpha value is -2.67. The number of aromatic nitrogens is 2. The maximum atomic E-state index is 11.6. The molecule has 1 heterocycles. The van der Waals surface area contributed by atoms with E-state index in [9.17, 15) is 13.2 Å². The Balaban J connectivity index is 2.08. The molecule has 0 spiro atoms. The van der Waals surface area contributed by atoms with Crippen LogP contribution in [0.5, 0.6) is 0 Å². The molecule has 0 unspecified atom stereocenters. The summed E-state index contributed by atoms with van der Waals surface area (Å²) in [5.74, 6) is 0. The van der Waals surface area contributed by atoms with Gasteiger partial charge < -0.3 is 0 Å². The van der Waals surface area contributed by atoms with Gasteiger partial charge in [0.05, 0.1) is 17.8 Å².